The van der Waals surface area contributed by atoms with Crippen molar-refractivity contribution in [3.05, 3.63) is 53.2 Å². The Balaban J connectivity index is 1.93. The van der Waals surface area contributed by atoms with Crippen LogP contribution in [0.25, 0.3) is 0 Å². The zero-order chi connectivity index (χ0) is 11.4. The molecule has 0 aliphatic carbocycles. The van der Waals surface area contributed by atoms with Gasteiger partial charge in [-0.1, -0.05) is 23.7 Å². The quantitative estimate of drug-likeness (QED) is 0.889. The highest BCUT2D eigenvalue weighted by Crippen LogP contribution is 2.09. The Kier molecular flexibility index (Phi) is 3.22. The van der Waals surface area contributed by atoms with Gasteiger partial charge in [0.15, 0.2) is 6.39 Å². The van der Waals surface area contributed by atoms with Crippen molar-refractivity contribution in [2.75, 3.05) is 0 Å². The molecule has 0 atom stereocenters. The molecule has 4 nitrogen and oxygen atoms in total. The predicted molar refractivity (Wildman–Crippen MR) is 59.1 cm³/mol. The van der Waals surface area contributed by atoms with Gasteiger partial charge in [-0.05, 0) is 17.7 Å². The number of halogens is 1. The van der Waals surface area contributed by atoms with Gasteiger partial charge in [0.05, 0.1) is 6.20 Å². The van der Waals surface area contributed by atoms with Gasteiger partial charge in [0.1, 0.15) is 0 Å². The summed E-state index contributed by atoms with van der Waals surface area (Å²) in [7, 11) is 0. The van der Waals surface area contributed by atoms with Crippen LogP contribution in [0.1, 0.15) is 16.1 Å². The number of carbonyl (C=O) groups is 1. The first-order valence-corrected chi connectivity index (χ1v) is 5.04. The number of hydrogen-bond acceptors (Lipinski definition) is 3. The van der Waals surface area contributed by atoms with E-state index in [-0.39, 0.29) is 11.7 Å². The standard InChI is InChI=1S/C11H9ClN2O2/c12-9-3-1-8(2-4-9)5-14-11(15)10-6-13-7-16-10/h1-4,6-7H,5H2,(H,14,15). The molecule has 5 heteroatoms. The van der Waals surface area contributed by atoms with E-state index in [0.717, 1.165) is 5.56 Å². The largest absolute Gasteiger partial charge is 0.438 e. The maximum atomic E-state index is 11.5. The van der Waals surface area contributed by atoms with E-state index < -0.39 is 0 Å². The topological polar surface area (TPSA) is 55.1 Å². The summed E-state index contributed by atoms with van der Waals surface area (Å²) in [5, 5.41) is 3.38. The van der Waals surface area contributed by atoms with Gasteiger partial charge in [0, 0.05) is 11.6 Å². The summed E-state index contributed by atoms with van der Waals surface area (Å²) in [6, 6.07) is 7.25. The lowest BCUT2D eigenvalue weighted by Gasteiger charge is -2.02. The first-order chi connectivity index (χ1) is 7.75. The van der Waals surface area contributed by atoms with E-state index >= 15 is 0 Å². The number of benzene rings is 1. The van der Waals surface area contributed by atoms with E-state index in [1.807, 2.05) is 12.1 Å². The molecule has 82 valence electrons. The minimum atomic E-state index is -0.285. The Morgan fingerprint density at radius 1 is 1.38 bits per heavy atom. The molecule has 0 spiro atoms. The zero-order valence-electron chi connectivity index (χ0n) is 8.31. The second-order valence-electron chi connectivity index (χ2n) is 3.17. The summed E-state index contributed by atoms with van der Waals surface area (Å²) < 4.78 is 4.86. The molecule has 0 unspecified atom stereocenters. The molecule has 0 bridgehead atoms. The third-order valence-corrected chi connectivity index (χ3v) is 2.27. The van der Waals surface area contributed by atoms with E-state index in [0.29, 0.717) is 11.6 Å². The predicted octanol–water partition coefficient (Wildman–Crippen LogP) is 2.26. The van der Waals surface area contributed by atoms with Crippen molar-refractivity contribution >= 4 is 17.5 Å². The third kappa shape index (κ3) is 2.61. The van der Waals surface area contributed by atoms with Crippen molar-refractivity contribution in [2.45, 2.75) is 6.54 Å². The third-order valence-electron chi connectivity index (χ3n) is 2.02. The van der Waals surface area contributed by atoms with Gasteiger partial charge in [-0.25, -0.2) is 4.98 Å². The summed E-state index contributed by atoms with van der Waals surface area (Å²) in [5.41, 5.74) is 0.970. The van der Waals surface area contributed by atoms with Gasteiger partial charge in [0.2, 0.25) is 5.76 Å². The van der Waals surface area contributed by atoms with Crippen molar-refractivity contribution in [1.82, 2.24) is 10.3 Å². The number of hydrogen-bond donors (Lipinski definition) is 1. The molecule has 2 rings (SSSR count). The molecule has 1 aromatic heterocycles. The van der Waals surface area contributed by atoms with E-state index in [2.05, 4.69) is 10.3 Å². The SMILES string of the molecule is O=C(NCc1ccc(Cl)cc1)c1cnco1. The van der Waals surface area contributed by atoms with E-state index in [9.17, 15) is 4.79 Å². The van der Waals surface area contributed by atoms with Crippen LogP contribution in [-0.2, 0) is 6.54 Å². The molecule has 0 saturated carbocycles. The molecule has 1 aromatic carbocycles. The van der Waals surface area contributed by atoms with Crippen LogP contribution in [-0.4, -0.2) is 10.9 Å². The molecule has 1 amide bonds. The highest BCUT2D eigenvalue weighted by molar-refractivity contribution is 6.30. The maximum absolute atomic E-state index is 11.5. The number of rotatable bonds is 3. The van der Waals surface area contributed by atoms with Crippen molar-refractivity contribution in [1.29, 1.82) is 0 Å². The minimum absolute atomic E-state index is 0.203. The Hall–Kier alpha value is -1.81. The van der Waals surface area contributed by atoms with E-state index in [1.165, 1.54) is 12.6 Å². The van der Waals surface area contributed by atoms with Gasteiger partial charge in [0.25, 0.3) is 5.91 Å². The fraction of sp³-hybridized carbons (Fsp3) is 0.0909. The van der Waals surface area contributed by atoms with Crippen molar-refractivity contribution < 1.29 is 9.21 Å². The van der Waals surface area contributed by atoms with Crippen LogP contribution in [0.4, 0.5) is 0 Å². The molecular formula is C11H9ClN2O2. The lowest BCUT2D eigenvalue weighted by Crippen LogP contribution is -2.22. The summed E-state index contributed by atoms with van der Waals surface area (Å²) in [6.07, 6.45) is 2.59. The average molecular weight is 237 g/mol. The van der Waals surface area contributed by atoms with Gasteiger partial charge in [-0.3, -0.25) is 4.79 Å². The number of nitrogens with zero attached hydrogens (tertiary/aromatic N) is 1. The van der Waals surface area contributed by atoms with Crippen LogP contribution < -0.4 is 5.32 Å². The second-order valence-corrected chi connectivity index (χ2v) is 3.61. The zero-order valence-corrected chi connectivity index (χ0v) is 9.07. The summed E-state index contributed by atoms with van der Waals surface area (Å²) in [5.74, 6) is -0.0820. The lowest BCUT2D eigenvalue weighted by molar-refractivity contribution is 0.0923. The maximum Gasteiger partial charge on any atom is 0.288 e. The molecule has 0 saturated heterocycles. The molecule has 2 aromatic rings. The fourth-order valence-electron chi connectivity index (χ4n) is 1.20. The fourth-order valence-corrected chi connectivity index (χ4v) is 1.33. The highest BCUT2D eigenvalue weighted by atomic mass is 35.5. The Morgan fingerprint density at radius 3 is 2.75 bits per heavy atom. The number of carbonyl (C=O) groups excluding carboxylic acids is 1. The lowest BCUT2D eigenvalue weighted by atomic mass is 10.2. The van der Waals surface area contributed by atoms with Crippen LogP contribution in [0.2, 0.25) is 5.02 Å². The summed E-state index contributed by atoms with van der Waals surface area (Å²) in [6.45, 7) is 0.427. The van der Waals surface area contributed by atoms with Crippen LogP contribution in [0.5, 0.6) is 0 Å². The van der Waals surface area contributed by atoms with Gasteiger partial charge in [-0.2, -0.15) is 0 Å². The number of amides is 1. The Morgan fingerprint density at radius 2 is 2.12 bits per heavy atom. The van der Waals surface area contributed by atoms with Gasteiger partial charge >= 0.3 is 0 Å². The number of oxazole rings is 1. The van der Waals surface area contributed by atoms with Gasteiger partial charge < -0.3 is 9.73 Å². The van der Waals surface area contributed by atoms with Crippen LogP contribution >= 0.6 is 11.6 Å². The minimum Gasteiger partial charge on any atom is -0.438 e. The smallest absolute Gasteiger partial charge is 0.288 e. The average Bonchev–Trinajstić information content (AvgIpc) is 2.81. The normalized spacial score (nSPS) is 10.1. The number of nitrogens with one attached hydrogen (secondary N) is 1. The molecule has 1 heterocycles. The van der Waals surface area contributed by atoms with Crippen LogP contribution in [0.3, 0.4) is 0 Å². The Bertz CT molecular complexity index is 465. The highest BCUT2D eigenvalue weighted by Gasteiger charge is 2.07. The van der Waals surface area contributed by atoms with Crippen LogP contribution in [0, 0.1) is 0 Å². The molecule has 16 heavy (non-hydrogen) atoms. The monoisotopic (exact) mass is 236 g/mol. The second kappa shape index (κ2) is 4.81. The molecule has 1 N–H and O–H groups in total. The van der Waals surface area contributed by atoms with E-state index in [4.69, 9.17) is 16.0 Å². The molecular weight excluding hydrogens is 228 g/mol. The first kappa shape index (κ1) is 10.7. The molecule has 0 aliphatic rings. The molecule has 0 radical (unpaired) electrons. The van der Waals surface area contributed by atoms with Gasteiger partial charge in [-0.15, -0.1) is 0 Å². The van der Waals surface area contributed by atoms with Crippen molar-refractivity contribution in [3.8, 4) is 0 Å². The summed E-state index contributed by atoms with van der Waals surface area (Å²) in [4.78, 5) is 15.1. The first-order valence-electron chi connectivity index (χ1n) is 4.67. The van der Waals surface area contributed by atoms with E-state index in [1.54, 1.807) is 12.1 Å². The number of aromatic nitrogens is 1. The summed E-state index contributed by atoms with van der Waals surface area (Å²) >= 11 is 5.74. The Labute approximate surface area is 97.2 Å². The molecule has 0 fully saturated rings. The van der Waals surface area contributed by atoms with Crippen LogP contribution in [0.15, 0.2) is 41.3 Å². The molecule has 0 aliphatic heterocycles. The van der Waals surface area contributed by atoms with Crippen molar-refractivity contribution in [3.63, 3.8) is 0 Å². The van der Waals surface area contributed by atoms with Crippen molar-refractivity contribution in [2.24, 2.45) is 0 Å².